The van der Waals surface area contributed by atoms with Gasteiger partial charge in [0.1, 0.15) is 5.75 Å². The van der Waals surface area contributed by atoms with Crippen molar-refractivity contribution < 1.29 is 31.4 Å². The average Bonchev–Trinajstić information content (AvgIpc) is 3.44. The van der Waals surface area contributed by atoms with Gasteiger partial charge < -0.3 is 14.7 Å². The zero-order valence-electron chi connectivity index (χ0n) is 16.6. The standard InChI is InChI=1S/C20H27F3N2O4S/c21-20(22,23)29-17-5-3-16(4-6-17)24-10-7-19(14-24)8-11-25(12-9-19)30(27,28)13-18(26)15-1-2-15/h3-6,15,18,26H,1-2,7-14H2. The Labute approximate surface area is 174 Å². The maximum Gasteiger partial charge on any atom is 0.573 e. The topological polar surface area (TPSA) is 70.1 Å². The molecule has 1 aliphatic carbocycles. The Morgan fingerprint density at radius 3 is 2.27 bits per heavy atom. The van der Waals surface area contributed by atoms with E-state index in [1.807, 2.05) is 0 Å². The lowest BCUT2D eigenvalue weighted by Crippen LogP contribution is -2.46. The molecular weight excluding hydrogens is 421 g/mol. The molecule has 3 aliphatic rings. The van der Waals surface area contributed by atoms with Crippen LogP contribution in [0.25, 0.3) is 0 Å². The number of aliphatic hydroxyl groups is 1. The molecule has 0 bridgehead atoms. The number of nitrogens with zero attached hydrogens (tertiary/aromatic N) is 2. The Kier molecular flexibility index (Phi) is 5.69. The molecule has 2 heterocycles. The first-order valence-corrected chi connectivity index (χ1v) is 11.9. The monoisotopic (exact) mass is 448 g/mol. The first-order chi connectivity index (χ1) is 14.1. The lowest BCUT2D eigenvalue weighted by molar-refractivity contribution is -0.274. The molecular formula is C20H27F3N2O4S. The van der Waals surface area contributed by atoms with E-state index in [9.17, 15) is 26.7 Å². The molecule has 1 aromatic rings. The number of alkyl halides is 3. The third-order valence-corrected chi connectivity index (χ3v) is 8.51. The molecule has 168 valence electrons. The summed E-state index contributed by atoms with van der Waals surface area (Å²) in [6, 6.07) is 5.88. The van der Waals surface area contributed by atoms with E-state index in [-0.39, 0.29) is 22.8 Å². The molecule has 1 unspecified atom stereocenters. The van der Waals surface area contributed by atoms with Crippen molar-refractivity contribution in [2.45, 2.75) is 44.6 Å². The highest BCUT2D eigenvalue weighted by Gasteiger charge is 2.44. The molecule has 2 aliphatic heterocycles. The number of aliphatic hydroxyl groups excluding tert-OH is 1. The highest BCUT2D eigenvalue weighted by molar-refractivity contribution is 7.89. The van der Waals surface area contributed by atoms with E-state index in [0.29, 0.717) is 13.1 Å². The third-order valence-electron chi connectivity index (χ3n) is 6.60. The van der Waals surface area contributed by atoms with E-state index in [4.69, 9.17) is 0 Å². The summed E-state index contributed by atoms with van der Waals surface area (Å²) in [5.41, 5.74) is 0.853. The predicted molar refractivity (Wildman–Crippen MR) is 106 cm³/mol. The van der Waals surface area contributed by atoms with Gasteiger partial charge in [0, 0.05) is 31.9 Å². The number of benzene rings is 1. The second kappa shape index (κ2) is 7.87. The quantitative estimate of drug-likeness (QED) is 0.725. The SMILES string of the molecule is O=S(=O)(CC(O)C1CC1)N1CCC2(CCN(c3ccc(OC(F)(F)F)cc3)C2)CC1. The molecule has 1 atom stereocenters. The van der Waals surface area contributed by atoms with E-state index < -0.39 is 22.5 Å². The highest BCUT2D eigenvalue weighted by Crippen LogP contribution is 2.43. The van der Waals surface area contributed by atoms with Gasteiger partial charge in [-0.15, -0.1) is 13.2 Å². The summed E-state index contributed by atoms with van der Waals surface area (Å²) < 4.78 is 67.6. The minimum absolute atomic E-state index is 0.0161. The average molecular weight is 449 g/mol. The van der Waals surface area contributed by atoms with Gasteiger partial charge in [0.05, 0.1) is 11.9 Å². The predicted octanol–water partition coefficient (Wildman–Crippen LogP) is 2.98. The van der Waals surface area contributed by atoms with Gasteiger partial charge in [-0.1, -0.05) is 0 Å². The lowest BCUT2D eigenvalue weighted by atomic mass is 9.78. The van der Waals surface area contributed by atoms with Crippen LogP contribution in [0.1, 0.15) is 32.1 Å². The number of halogens is 3. The zero-order valence-corrected chi connectivity index (χ0v) is 17.5. The van der Waals surface area contributed by atoms with Crippen LogP contribution in [0.2, 0.25) is 0 Å². The first kappa shape index (κ1) is 21.7. The minimum Gasteiger partial charge on any atom is -0.406 e. The number of ether oxygens (including phenoxy) is 1. The van der Waals surface area contributed by atoms with Gasteiger partial charge in [0.2, 0.25) is 10.0 Å². The molecule has 2 saturated heterocycles. The Balaban J connectivity index is 1.32. The Morgan fingerprint density at radius 1 is 1.10 bits per heavy atom. The van der Waals surface area contributed by atoms with Crippen molar-refractivity contribution in [2.24, 2.45) is 11.3 Å². The van der Waals surface area contributed by atoms with Gasteiger partial charge in [0.15, 0.2) is 0 Å². The van der Waals surface area contributed by atoms with Crippen molar-refractivity contribution in [1.82, 2.24) is 4.31 Å². The Bertz CT molecular complexity index is 848. The third kappa shape index (κ3) is 5.03. The molecule has 3 fully saturated rings. The van der Waals surface area contributed by atoms with Gasteiger partial charge in [0.25, 0.3) is 0 Å². The normalized spacial score (nSPS) is 23.7. The van der Waals surface area contributed by atoms with Crippen LogP contribution in [0.15, 0.2) is 24.3 Å². The van der Waals surface area contributed by atoms with Crippen molar-refractivity contribution in [2.75, 3.05) is 36.8 Å². The summed E-state index contributed by atoms with van der Waals surface area (Å²) in [5.74, 6) is -0.303. The maximum atomic E-state index is 12.6. The zero-order chi connectivity index (χ0) is 21.6. The van der Waals surface area contributed by atoms with Gasteiger partial charge in [-0.25, -0.2) is 12.7 Å². The second-order valence-electron chi connectivity index (χ2n) is 8.80. The molecule has 1 aromatic carbocycles. The summed E-state index contributed by atoms with van der Waals surface area (Å²) in [5, 5.41) is 10.0. The molecule has 1 spiro atoms. The van der Waals surface area contributed by atoms with E-state index in [1.54, 1.807) is 12.1 Å². The van der Waals surface area contributed by atoms with Crippen LogP contribution >= 0.6 is 0 Å². The number of hydrogen-bond donors (Lipinski definition) is 1. The molecule has 1 N–H and O–H groups in total. The van der Waals surface area contributed by atoms with Crippen molar-refractivity contribution in [3.63, 3.8) is 0 Å². The lowest BCUT2D eigenvalue weighted by Gasteiger charge is -2.39. The van der Waals surface area contributed by atoms with Crippen LogP contribution in [0.5, 0.6) is 5.75 Å². The smallest absolute Gasteiger partial charge is 0.406 e. The number of hydrogen-bond acceptors (Lipinski definition) is 5. The number of piperidine rings is 1. The van der Waals surface area contributed by atoms with E-state index >= 15 is 0 Å². The Morgan fingerprint density at radius 2 is 1.70 bits per heavy atom. The van der Waals surface area contributed by atoms with Crippen molar-refractivity contribution in [3.8, 4) is 5.75 Å². The second-order valence-corrected chi connectivity index (χ2v) is 10.8. The fourth-order valence-electron chi connectivity index (χ4n) is 4.60. The van der Waals surface area contributed by atoms with E-state index in [2.05, 4.69) is 9.64 Å². The Hall–Kier alpha value is -1.52. The minimum atomic E-state index is -4.71. The summed E-state index contributed by atoms with van der Waals surface area (Å²) in [6.07, 6.45) is -1.25. The van der Waals surface area contributed by atoms with Gasteiger partial charge >= 0.3 is 6.36 Å². The first-order valence-electron chi connectivity index (χ1n) is 10.3. The molecule has 4 rings (SSSR count). The molecule has 0 aromatic heterocycles. The highest BCUT2D eigenvalue weighted by atomic mass is 32.2. The van der Waals surface area contributed by atoms with Crippen LogP contribution in [0.4, 0.5) is 18.9 Å². The van der Waals surface area contributed by atoms with E-state index in [1.165, 1.54) is 16.4 Å². The van der Waals surface area contributed by atoms with Crippen molar-refractivity contribution in [1.29, 1.82) is 0 Å². The molecule has 0 radical (unpaired) electrons. The number of sulfonamides is 1. The van der Waals surface area contributed by atoms with Crippen molar-refractivity contribution >= 4 is 15.7 Å². The molecule has 30 heavy (non-hydrogen) atoms. The summed E-state index contributed by atoms with van der Waals surface area (Å²) in [7, 11) is -3.46. The fourth-order valence-corrected chi connectivity index (χ4v) is 6.25. The van der Waals surface area contributed by atoms with Crippen LogP contribution in [0.3, 0.4) is 0 Å². The van der Waals surface area contributed by atoms with Crippen molar-refractivity contribution in [3.05, 3.63) is 24.3 Å². The summed E-state index contributed by atoms with van der Waals surface area (Å²) in [6.45, 7) is 2.44. The van der Waals surface area contributed by atoms with Gasteiger partial charge in [-0.2, -0.15) is 0 Å². The van der Waals surface area contributed by atoms with Crippen LogP contribution in [0, 0.1) is 11.3 Å². The molecule has 10 heteroatoms. The largest absolute Gasteiger partial charge is 0.573 e. The van der Waals surface area contributed by atoms with Gasteiger partial charge in [-0.3, -0.25) is 0 Å². The summed E-state index contributed by atoms with van der Waals surface area (Å²) in [4.78, 5) is 2.14. The van der Waals surface area contributed by atoms with Gasteiger partial charge in [-0.05, 0) is 67.7 Å². The van der Waals surface area contributed by atoms with Crippen LogP contribution in [-0.2, 0) is 10.0 Å². The molecule has 6 nitrogen and oxygen atoms in total. The van der Waals surface area contributed by atoms with E-state index in [0.717, 1.165) is 50.9 Å². The summed E-state index contributed by atoms with van der Waals surface area (Å²) >= 11 is 0. The van der Waals surface area contributed by atoms with Crippen LogP contribution < -0.4 is 9.64 Å². The maximum absolute atomic E-state index is 12.6. The number of anilines is 1. The number of rotatable bonds is 6. The molecule has 0 amide bonds. The fraction of sp³-hybridized carbons (Fsp3) is 0.700. The molecule has 1 saturated carbocycles. The van der Waals surface area contributed by atoms with Crippen LogP contribution in [-0.4, -0.2) is 62.2 Å².